The van der Waals surface area contributed by atoms with Crippen LogP contribution in [0.5, 0.6) is 0 Å². The Morgan fingerprint density at radius 1 is 1.21 bits per heavy atom. The summed E-state index contributed by atoms with van der Waals surface area (Å²) in [6.07, 6.45) is 9.34. The van der Waals surface area contributed by atoms with E-state index in [-0.39, 0.29) is 42.7 Å². The number of nitrogens with two attached hydrogens (primary N) is 1. The van der Waals surface area contributed by atoms with E-state index >= 15 is 0 Å². The summed E-state index contributed by atoms with van der Waals surface area (Å²) in [5, 5.41) is 9.69. The molecule has 1 aromatic heterocycles. The summed E-state index contributed by atoms with van der Waals surface area (Å²) in [5.41, 5.74) is 5.90. The SMILES string of the molecule is Cl.Cl.N[C@@H]1C[C@@H](C(=O)N2CCC(Cn3ccnc3)CC2)CC[C@H]1O. The van der Waals surface area contributed by atoms with E-state index in [0.717, 1.165) is 38.9 Å². The first-order valence-electron chi connectivity index (χ1n) is 8.31. The molecule has 6 nitrogen and oxygen atoms in total. The second-order valence-corrected chi connectivity index (χ2v) is 6.77. The molecule has 3 atom stereocenters. The van der Waals surface area contributed by atoms with Crippen LogP contribution in [0, 0.1) is 11.8 Å². The average Bonchev–Trinajstić information content (AvgIpc) is 3.03. The van der Waals surface area contributed by atoms with Gasteiger partial charge in [-0.1, -0.05) is 0 Å². The number of rotatable bonds is 3. The first kappa shape index (κ1) is 21.2. The molecule has 1 aliphatic heterocycles. The predicted molar refractivity (Wildman–Crippen MR) is 97.4 cm³/mol. The number of carbonyl (C=O) groups is 1. The molecule has 138 valence electrons. The number of nitrogens with zero attached hydrogens (tertiary/aromatic N) is 3. The summed E-state index contributed by atoms with van der Waals surface area (Å²) < 4.78 is 2.11. The van der Waals surface area contributed by atoms with E-state index < -0.39 is 6.10 Å². The van der Waals surface area contributed by atoms with Gasteiger partial charge in [-0.25, -0.2) is 4.98 Å². The number of aliphatic hydroxyl groups is 1. The van der Waals surface area contributed by atoms with E-state index in [1.54, 1.807) is 6.20 Å². The molecule has 24 heavy (non-hydrogen) atoms. The van der Waals surface area contributed by atoms with Crippen molar-refractivity contribution in [3.05, 3.63) is 18.7 Å². The Hall–Kier alpha value is -0.820. The quantitative estimate of drug-likeness (QED) is 0.833. The lowest BCUT2D eigenvalue weighted by atomic mass is 9.83. The number of likely N-dealkylation sites (tertiary alicyclic amines) is 1. The van der Waals surface area contributed by atoms with Crippen LogP contribution in [0.2, 0.25) is 0 Å². The maximum Gasteiger partial charge on any atom is 0.225 e. The van der Waals surface area contributed by atoms with E-state index in [2.05, 4.69) is 9.55 Å². The van der Waals surface area contributed by atoms with Crippen LogP contribution < -0.4 is 5.73 Å². The van der Waals surface area contributed by atoms with Crippen molar-refractivity contribution in [2.24, 2.45) is 17.6 Å². The lowest BCUT2D eigenvalue weighted by molar-refractivity contribution is -0.139. The molecule has 0 spiro atoms. The molecule has 1 saturated carbocycles. The monoisotopic (exact) mass is 378 g/mol. The fourth-order valence-corrected chi connectivity index (χ4v) is 3.70. The smallest absolute Gasteiger partial charge is 0.225 e. The zero-order chi connectivity index (χ0) is 15.5. The topological polar surface area (TPSA) is 84.4 Å². The molecule has 1 amide bonds. The Kier molecular flexibility index (Phi) is 8.50. The van der Waals surface area contributed by atoms with E-state index in [1.807, 2.05) is 17.4 Å². The summed E-state index contributed by atoms with van der Waals surface area (Å²) in [6, 6.07) is -0.249. The van der Waals surface area contributed by atoms with Crippen molar-refractivity contribution in [2.75, 3.05) is 13.1 Å². The van der Waals surface area contributed by atoms with E-state index in [1.165, 1.54) is 0 Å². The van der Waals surface area contributed by atoms with Gasteiger partial charge in [-0.05, 0) is 38.0 Å². The Balaban J connectivity index is 0.00000144. The molecule has 2 aliphatic rings. The van der Waals surface area contributed by atoms with Gasteiger partial charge in [0.05, 0.1) is 12.4 Å². The minimum absolute atomic E-state index is 0. The summed E-state index contributed by atoms with van der Waals surface area (Å²) in [5.74, 6) is 0.862. The highest BCUT2D eigenvalue weighted by molar-refractivity contribution is 5.85. The maximum absolute atomic E-state index is 12.6. The van der Waals surface area contributed by atoms with Crippen LogP contribution in [-0.2, 0) is 11.3 Å². The molecule has 0 aromatic carbocycles. The van der Waals surface area contributed by atoms with Crippen LogP contribution in [-0.4, -0.2) is 50.7 Å². The standard InChI is InChI=1S/C16H26N4O2.2ClH/c17-14-9-13(1-2-15(14)21)16(22)20-6-3-12(4-7-20)10-19-8-5-18-11-19;;/h5,8,11-15,21H,1-4,6-7,9-10,17H2;2*1H/t13-,14+,15+;;/m0../s1. The number of hydrogen-bond donors (Lipinski definition) is 2. The minimum atomic E-state index is -0.440. The number of amides is 1. The first-order valence-corrected chi connectivity index (χ1v) is 8.31. The molecule has 8 heteroatoms. The van der Waals surface area contributed by atoms with Gasteiger partial charge in [0.25, 0.3) is 0 Å². The molecule has 1 aromatic rings. The third kappa shape index (κ3) is 5.09. The molecule has 2 heterocycles. The van der Waals surface area contributed by atoms with Crippen LogP contribution in [0.1, 0.15) is 32.1 Å². The highest BCUT2D eigenvalue weighted by Crippen LogP contribution is 2.27. The average molecular weight is 379 g/mol. The zero-order valence-electron chi connectivity index (χ0n) is 13.8. The third-order valence-corrected chi connectivity index (χ3v) is 5.17. The lowest BCUT2D eigenvalue weighted by Crippen LogP contribution is -2.48. The van der Waals surface area contributed by atoms with Gasteiger partial charge in [0.1, 0.15) is 0 Å². The summed E-state index contributed by atoms with van der Waals surface area (Å²) >= 11 is 0. The molecule has 3 rings (SSSR count). The maximum atomic E-state index is 12.6. The Morgan fingerprint density at radius 3 is 2.50 bits per heavy atom. The van der Waals surface area contributed by atoms with Crippen molar-refractivity contribution >= 4 is 30.7 Å². The van der Waals surface area contributed by atoms with Crippen molar-refractivity contribution in [3.63, 3.8) is 0 Å². The number of hydrogen-bond acceptors (Lipinski definition) is 4. The van der Waals surface area contributed by atoms with Crippen molar-refractivity contribution < 1.29 is 9.90 Å². The summed E-state index contributed by atoms with van der Waals surface area (Å²) in [7, 11) is 0. The van der Waals surface area contributed by atoms with Gasteiger partial charge in [0, 0.05) is 44.0 Å². The molecular weight excluding hydrogens is 351 g/mol. The fraction of sp³-hybridized carbons (Fsp3) is 0.750. The highest BCUT2D eigenvalue weighted by Gasteiger charge is 2.34. The van der Waals surface area contributed by atoms with Gasteiger partial charge in [-0.3, -0.25) is 4.79 Å². The van der Waals surface area contributed by atoms with Gasteiger partial charge < -0.3 is 20.3 Å². The minimum Gasteiger partial charge on any atom is -0.392 e. The number of halogens is 2. The van der Waals surface area contributed by atoms with Crippen molar-refractivity contribution in [1.29, 1.82) is 0 Å². The number of aromatic nitrogens is 2. The van der Waals surface area contributed by atoms with Gasteiger partial charge in [-0.2, -0.15) is 0 Å². The molecule has 2 fully saturated rings. The highest BCUT2D eigenvalue weighted by atomic mass is 35.5. The van der Waals surface area contributed by atoms with Crippen LogP contribution in [0.4, 0.5) is 0 Å². The van der Waals surface area contributed by atoms with Crippen LogP contribution in [0.15, 0.2) is 18.7 Å². The van der Waals surface area contributed by atoms with Gasteiger partial charge >= 0.3 is 0 Å². The molecule has 1 aliphatic carbocycles. The van der Waals surface area contributed by atoms with Crippen molar-refractivity contribution in [2.45, 2.75) is 50.8 Å². The zero-order valence-corrected chi connectivity index (χ0v) is 15.4. The van der Waals surface area contributed by atoms with Crippen LogP contribution >= 0.6 is 24.8 Å². The Bertz CT molecular complexity index is 492. The largest absolute Gasteiger partial charge is 0.392 e. The van der Waals surface area contributed by atoms with Crippen molar-refractivity contribution in [1.82, 2.24) is 14.5 Å². The number of piperidine rings is 1. The lowest BCUT2D eigenvalue weighted by Gasteiger charge is -2.37. The number of imidazole rings is 1. The normalized spacial score (nSPS) is 27.9. The first-order chi connectivity index (χ1) is 10.6. The molecular formula is C16H28Cl2N4O2. The number of aliphatic hydroxyl groups excluding tert-OH is 1. The second kappa shape index (κ2) is 9.61. The molecule has 1 saturated heterocycles. The molecule has 0 radical (unpaired) electrons. The third-order valence-electron chi connectivity index (χ3n) is 5.17. The van der Waals surface area contributed by atoms with Crippen molar-refractivity contribution in [3.8, 4) is 0 Å². The summed E-state index contributed by atoms with van der Waals surface area (Å²) in [4.78, 5) is 18.7. The van der Waals surface area contributed by atoms with E-state index in [4.69, 9.17) is 5.73 Å². The van der Waals surface area contributed by atoms with Crippen LogP contribution in [0.25, 0.3) is 0 Å². The predicted octanol–water partition coefficient (Wildman–Crippen LogP) is 1.45. The molecule has 3 N–H and O–H groups in total. The van der Waals surface area contributed by atoms with Gasteiger partial charge in [0.15, 0.2) is 0 Å². The summed E-state index contributed by atoms with van der Waals surface area (Å²) in [6.45, 7) is 2.67. The van der Waals surface area contributed by atoms with Gasteiger partial charge in [-0.15, -0.1) is 24.8 Å². The van der Waals surface area contributed by atoms with E-state index in [9.17, 15) is 9.90 Å². The molecule has 0 unspecified atom stereocenters. The van der Waals surface area contributed by atoms with E-state index in [0.29, 0.717) is 18.8 Å². The second-order valence-electron chi connectivity index (χ2n) is 6.77. The Morgan fingerprint density at radius 2 is 1.92 bits per heavy atom. The fourth-order valence-electron chi connectivity index (χ4n) is 3.70. The number of carbonyl (C=O) groups excluding carboxylic acids is 1. The Labute approximate surface area is 155 Å². The van der Waals surface area contributed by atoms with Gasteiger partial charge in [0.2, 0.25) is 5.91 Å². The van der Waals surface area contributed by atoms with Crippen LogP contribution in [0.3, 0.4) is 0 Å². The molecule has 0 bridgehead atoms.